The molecule has 4 unspecified atom stereocenters. The second-order valence-electron chi connectivity index (χ2n) is 9.30. The molecule has 0 aromatic heterocycles. The second kappa shape index (κ2) is 16.3. The van der Waals surface area contributed by atoms with E-state index in [0.717, 1.165) is 0 Å². The number of hydrogen-bond donors (Lipinski definition) is 8. The Kier molecular flexibility index (Phi) is 14.7. The van der Waals surface area contributed by atoms with Crippen molar-refractivity contribution in [1.82, 2.24) is 16.0 Å². The van der Waals surface area contributed by atoms with Crippen LogP contribution < -0.4 is 33.2 Å². The standard InChI is InChI=1S/C22H41N7O7/c1-11(2)10-15(21(35)36)29-18(32)13(6-5-9-26-22(24)25)27-19(33)14(7-8-16(30)31)28-20(34)17(23)12(3)4/h11-15,17H,5-10,23H2,1-4H3,(H,27,33)(H,28,34)(H,29,32)(H,30,31)(H,35,36)(H4,24,25,26). The number of nitrogens with one attached hydrogen (secondary N) is 3. The highest BCUT2D eigenvalue weighted by molar-refractivity contribution is 5.94. The molecule has 206 valence electrons. The minimum atomic E-state index is -1.28. The predicted octanol–water partition coefficient (Wildman–Crippen LogP) is -1.53. The summed E-state index contributed by atoms with van der Waals surface area (Å²) >= 11 is 0. The van der Waals surface area contributed by atoms with Gasteiger partial charge in [0.25, 0.3) is 0 Å². The third-order valence-electron chi connectivity index (χ3n) is 5.20. The van der Waals surface area contributed by atoms with Gasteiger partial charge in [0.05, 0.1) is 6.04 Å². The highest BCUT2D eigenvalue weighted by Crippen LogP contribution is 2.08. The van der Waals surface area contributed by atoms with Crippen molar-refractivity contribution in [2.24, 2.45) is 34.0 Å². The molecular formula is C22H41N7O7. The van der Waals surface area contributed by atoms with E-state index in [1.807, 2.05) is 0 Å². The number of nitrogens with two attached hydrogens (primary N) is 3. The first-order valence-corrected chi connectivity index (χ1v) is 11.8. The van der Waals surface area contributed by atoms with E-state index < -0.39 is 60.2 Å². The number of carbonyl (C=O) groups is 5. The summed E-state index contributed by atoms with van der Waals surface area (Å²) in [5, 5.41) is 25.9. The molecule has 0 aliphatic carbocycles. The van der Waals surface area contributed by atoms with Crippen molar-refractivity contribution in [1.29, 1.82) is 0 Å². The van der Waals surface area contributed by atoms with E-state index in [-0.39, 0.29) is 50.0 Å². The van der Waals surface area contributed by atoms with E-state index in [1.54, 1.807) is 27.7 Å². The minimum absolute atomic E-state index is 0.0258. The Morgan fingerprint density at radius 1 is 0.806 bits per heavy atom. The molecule has 0 radical (unpaired) electrons. The van der Waals surface area contributed by atoms with Crippen LogP contribution in [-0.4, -0.2) is 76.5 Å². The maximum absolute atomic E-state index is 13.0. The number of guanidine groups is 1. The Morgan fingerprint density at radius 2 is 1.31 bits per heavy atom. The van der Waals surface area contributed by atoms with Gasteiger partial charge in [-0.15, -0.1) is 0 Å². The third kappa shape index (κ3) is 13.5. The van der Waals surface area contributed by atoms with Crippen LogP contribution in [0.25, 0.3) is 0 Å². The van der Waals surface area contributed by atoms with Crippen molar-refractivity contribution in [2.45, 2.75) is 84.0 Å². The first kappa shape index (κ1) is 32.6. The zero-order valence-corrected chi connectivity index (χ0v) is 21.3. The van der Waals surface area contributed by atoms with Gasteiger partial charge in [0.2, 0.25) is 17.7 Å². The summed E-state index contributed by atoms with van der Waals surface area (Å²) in [6.07, 6.45) is -0.187. The van der Waals surface area contributed by atoms with Gasteiger partial charge in [0.1, 0.15) is 18.1 Å². The molecule has 0 heterocycles. The summed E-state index contributed by atoms with van der Waals surface area (Å²) in [6, 6.07) is -4.58. The highest BCUT2D eigenvalue weighted by atomic mass is 16.4. The van der Waals surface area contributed by atoms with E-state index >= 15 is 0 Å². The molecule has 0 rings (SSSR count). The molecule has 0 bridgehead atoms. The van der Waals surface area contributed by atoms with Crippen molar-refractivity contribution < 1.29 is 34.2 Å². The molecule has 0 saturated carbocycles. The fourth-order valence-electron chi connectivity index (χ4n) is 3.12. The van der Waals surface area contributed by atoms with E-state index in [1.165, 1.54) is 0 Å². The lowest BCUT2D eigenvalue weighted by molar-refractivity contribution is -0.142. The van der Waals surface area contributed by atoms with Crippen molar-refractivity contribution in [3.63, 3.8) is 0 Å². The van der Waals surface area contributed by atoms with Crippen molar-refractivity contribution in [3.05, 3.63) is 0 Å². The number of carboxylic acid groups (broad SMARTS) is 2. The summed E-state index contributed by atoms with van der Waals surface area (Å²) in [6.45, 7) is 7.17. The number of carbonyl (C=O) groups excluding carboxylic acids is 3. The molecule has 0 saturated heterocycles. The first-order valence-electron chi connectivity index (χ1n) is 11.8. The van der Waals surface area contributed by atoms with Gasteiger partial charge in [-0.2, -0.15) is 0 Å². The predicted molar refractivity (Wildman–Crippen MR) is 132 cm³/mol. The smallest absolute Gasteiger partial charge is 0.326 e. The number of rotatable bonds is 17. The molecule has 0 aliphatic heterocycles. The number of aliphatic carboxylic acids is 2. The molecular weight excluding hydrogens is 474 g/mol. The zero-order chi connectivity index (χ0) is 28.0. The van der Waals surface area contributed by atoms with Crippen molar-refractivity contribution in [3.8, 4) is 0 Å². The largest absolute Gasteiger partial charge is 0.481 e. The molecule has 14 heteroatoms. The highest BCUT2D eigenvalue weighted by Gasteiger charge is 2.31. The summed E-state index contributed by atoms with van der Waals surface area (Å²) in [7, 11) is 0. The molecule has 0 aromatic carbocycles. The maximum atomic E-state index is 13.0. The van der Waals surface area contributed by atoms with Crippen molar-refractivity contribution >= 4 is 35.6 Å². The molecule has 0 fully saturated rings. The monoisotopic (exact) mass is 515 g/mol. The van der Waals surface area contributed by atoms with Gasteiger partial charge in [-0.25, -0.2) is 4.79 Å². The van der Waals surface area contributed by atoms with Crippen LogP contribution in [0.5, 0.6) is 0 Å². The molecule has 0 spiro atoms. The van der Waals surface area contributed by atoms with Crippen LogP contribution >= 0.6 is 0 Å². The number of aliphatic imine (C=N–C) groups is 1. The lowest BCUT2D eigenvalue weighted by atomic mass is 10.0. The van der Waals surface area contributed by atoms with Gasteiger partial charge >= 0.3 is 11.9 Å². The Morgan fingerprint density at radius 3 is 1.75 bits per heavy atom. The Labute approximate surface area is 210 Å². The number of hydrogen-bond acceptors (Lipinski definition) is 7. The van der Waals surface area contributed by atoms with Gasteiger partial charge in [-0.1, -0.05) is 27.7 Å². The van der Waals surface area contributed by atoms with Crippen LogP contribution in [0.2, 0.25) is 0 Å². The molecule has 11 N–H and O–H groups in total. The normalized spacial score (nSPS) is 14.3. The minimum Gasteiger partial charge on any atom is -0.481 e. The Bertz CT molecular complexity index is 798. The van der Waals surface area contributed by atoms with Crippen LogP contribution in [0.4, 0.5) is 0 Å². The summed E-state index contributed by atoms with van der Waals surface area (Å²) < 4.78 is 0. The summed E-state index contributed by atoms with van der Waals surface area (Å²) in [5.74, 6) is -5.02. The Balaban J connectivity index is 5.71. The molecule has 14 nitrogen and oxygen atoms in total. The fourth-order valence-corrected chi connectivity index (χ4v) is 3.12. The quantitative estimate of drug-likeness (QED) is 0.0630. The van der Waals surface area contributed by atoms with Gasteiger partial charge < -0.3 is 43.4 Å². The van der Waals surface area contributed by atoms with Crippen LogP contribution in [0, 0.1) is 11.8 Å². The lowest BCUT2D eigenvalue weighted by Gasteiger charge is -2.26. The Hall–Kier alpha value is -3.42. The van der Waals surface area contributed by atoms with E-state index in [9.17, 15) is 29.1 Å². The van der Waals surface area contributed by atoms with Gasteiger partial charge in [-0.3, -0.25) is 24.2 Å². The second-order valence-corrected chi connectivity index (χ2v) is 9.30. The van der Waals surface area contributed by atoms with Gasteiger partial charge in [-0.05, 0) is 37.5 Å². The molecule has 0 aliphatic rings. The third-order valence-corrected chi connectivity index (χ3v) is 5.20. The fraction of sp³-hybridized carbons (Fsp3) is 0.727. The number of carboxylic acids is 2. The topological polar surface area (TPSA) is 252 Å². The molecule has 3 amide bonds. The molecule has 0 aromatic rings. The zero-order valence-electron chi connectivity index (χ0n) is 21.3. The molecule has 4 atom stereocenters. The average molecular weight is 516 g/mol. The van der Waals surface area contributed by atoms with Crippen LogP contribution in [0.15, 0.2) is 4.99 Å². The van der Waals surface area contributed by atoms with Gasteiger partial charge in [0, 0.05) is 13.0 Å². The van der Waals surface area contributed by atoms with E-state index in [0.29, 0.717) is 0 Å². The molecule has 36 heavy (non-hydrogen) atoms. The first-order chi connectivity index (χ1) is 16.6. The van der Waals surface area contributed by atoms with Crippen LogP contribution in [-0.2, 0) is 24.0 Å². The van der Waals surface area contributed by atoms with Crippen LogP contribution in [0.1, 0.15) is 59.8 Å². The average Bonchev–Trinajstić information content (AvgIpc) is 2.76. The SMILES string of the molecule is CC(C)CC(NC(=O)C(CCCN=C(N)N)NC(=O)C(CCC(=O)O)NC(=O)C(N)C(C)C)C(=O)O. The number of nitrogens with zero attached hydrogens (tertiary/aromatic N) is 1. The van der Waals surface area contributed by atoms with E-state index in [2.05, 4.69) is 20.9 Å². The van der Waals surface area contributed by atoms with Crippen molar-refractivity contribution in [2.75, 3.05) is 6.54 Å². The van der Waals surface area contributed by atoms with E-state index in [4.69, 9.17) is 22.3 Å². The number of amides is 3. The van der Waals surface area contributed by atoms with Gasteiger partial charge in [0.15, 0.2) is 5.96 Å². The van der Waals surface area contributed by atoms with Crippen LogP contribution in [0.3, 0.4) is 0 Å². The lowest BCUT2D eigenvalue weighted by Crippen LogP contribution is -2.57. The summed E-state index contributed by atoms with van der Waals surface area (Å²) in [4.78, 5) is 64.8. The maximum Gasteiger partial charge on any atom is 0.326 e. The summed E-state index contributed by atoms with van der Waals surface area (Å²) in [5.41, 5.74) is 16.4.